The Kier molecular flexibility index (Phi) is 4.66. The van der Waals surface area contributed by atoms with Crippen molar-refractivity contribution in [2.75, 3.05) is 12.4 Å². The summed E-state index contributed by atoms with van der Waals surface area (Å²) in [6.45, 7) is 1.93. The monoisotopic (exact) mass is 359 g/mol. The molecule has 0 atom stereocenters. The summed E-state index contributed by atoms with van der Waals surface area (Å²) in [6.07, 6.45) is 0.568. The molecule has 0 spiro atoms. The third-order valence-corrected chi connectivity index (χ3v) is 4.20. The number of anilines is 1. The Morgan fingerprint density at radius 3 is 2.63 bits per heavy atom. The van der Waals surface area contributed by atoms with Crippen LogP contribution in [0.5, 0.6) is 0 Å². The number of aromatic nitrogens is 2. The summed E-state index contributed by atoms with van der Waals surface area (Å²) in [4.78, 5) is 8.90. The fraction of sp³-hybridized carbons (Fsp3) is 0.231. The smallest absolute Gasteiger partial charge is 0.144 e. The van der Waals surface area contributed by atoms with Gasteiger partial charge in [-0.15, -0.1) is 0 Å². The predicted molar refractivity (Wildman–Crippen MR) is 83.3 cm³/mol. The molecule has 0 bridgehead atoms. The lowest BCUT2D eigenvalue weighted by Gasteiger charge is -2.09. The van der Waals surface area contributed by atoms with Crippen LogP contribution in [0.1, 0.15) is 17.1 Å². The van der Waals surface area contributed by atoms with E-state index < -0.39 is 0 Å². The maximum Gasteiger partial charge on any atom is 0.144 e. The van der Waals surface area contributed by atoms with Gasteiger partial charge in [0.15, 0.2) is 0 Å². The van der Waals surface area contributed by atoms with Crippen LogP contribution in [0, 0.1) is 6.92 Å². The first-order chi connectivity index (χ1) is 9.01. The van der Waals surface area contributed by atoms with Gasteiger partial charge in [-0.3, -0.25) is 0 Å². The van der Waals surface area contributed by atoms with E-state index in [1.165, 1.54) is 0 Å². The fourth-order valence-electron chi connectivity index (χ4n) is 1.70. The minimum atomic E-state index is 0.568. The number of nitrogens with zero attached hydrogens (tertiary/aromatic N) is 2. The van der Waals surface area contributed by atoms with Gasteiger partial charge in [0.2, 0.25) is 0 Å². The molecule has 0 radical (unpaired) electrons. The highest BCUT2D eigenvalue weighted by molar-refractivity contribution is 9.10. The van der Waals surface area contributed by atoms with Crippen molar-refractivity contribution in [1.29, 1.82) is 0 Å². The van der Waals surface area contributed by atoms with E-state index in [1.54, 1.807) is 6.07 Å². The van der Waals surface area contributed by atoms with Gasteiger partial charge in [0.1, 0.15) is 11.6 Å². The van der Waals surface area contributed by atoms with Crippen molar-refractivity contribution in [3.8, 4) is 0 Å². The van der Waals surface area contributed by atoms with Crippen molar-refractivity contribution in [3.05, 3.63) is 49.8 Å². The van der Waals surface area contributed by atoms with Crippen LogP contribution in [-0.2, 0) is 6.42 Å². The Balaban J connectivity index is 2.35. The van der Waals surface area contributed by atoms with Gasteiger partial charge in [-0.1, -0.05) is 29.3 Å². The number of benzene rings is 1. The predicted octanol–water partition coefficient (Wildman–Crippen LogP) is 4.49. The molecule has 0 aliphatic heterocycles. The molecule has 0 unspecified atom stereocenters. The summed E-state index contributed by atoms with van der Waals surface area (Å²) in [6, 6.07) is 5.43. The zero-order chi connectivity index (χ0) is 14.0. The van der Waals surface area contributed by atoms with Gasteiger partial charge in [0.25, 0.3) is 0 Å². The molecular formula is C13H12BrCl2N3. The molecule has 6 heteroatoms. The lowest BCUT2D eigenvalue weighted by atomic mass is 10.1. The molecule has 3 nitrogen and oxygen atoms in total. The average Bonchev–Trinajstić information content (AvgIpc) is 2.37. The number of aryl methyl sites for hydroxylation is 1. The second kappa shape index (κ2) is 6.07. The maximum absolute atomic E-state index is 6.16. The normalized spacial score (nSPS) is 10.6. The molecule has 0 fully saturated rings. The van der Waals surface area contributed by atoms with Crippen LogP contribution in [0.2, 0.25) is 10.0 Å². The molecule has 1 aromatic carbocycles. The summed E-state index contributed by atoms with van der Waals surface area (Å²) >= 11 is 15.5. The Morgan fingerprint density at radius 1 is 1.26 bits per heavy atom. The van der Waals surface area contributed by atoms with Crippen LogP contribution in [0.15, 0.2) is 22.7 Å². The topological polar surface area (TPSA) is 37.8 Å². The first kappa shape index (κ1) is 14.6. The summed E-state index contributed by atoms with van der Waals surface area (Å²) in [5, 5.41) is 4.28. The molecule has 100 valence electrons. The van der Waals surface area contributed by atoms with Crippen LogP contribution >= 0.6 is 39.1 Å². The Labute approximate surface area is 130 Å². The standard InChI is InChI=1S/C13H12BrCl2N3/c1-7-12(14)13(17-2)19-11(18-7)5-8-3-4-9(15)6-10(8)16/h3-4,6H,5H2,1-2H3,(H,17,18,19). The van der Waals surface area contributed by atoms with Crippen molar-refractivity contribution in [2.24, 2.45) is 0 Å². The first-order valence-corrected chi connectivity index (χ1v) is 7.21. The third kappa shape index (κ3) is 3.38. The number of halogens is 3. The van der Waals surface area contributed by atoms with Gasteiger partial charge in [-0.2, -0.15) is 0 Å². The summed E-state index contributed by atoms with van der Waals surface area (Å²) < 4.78 is 0.876. The third-order valence-electron chi connectivity index (χ3n) is 2.66. The van der Waals surface area contributed by atoms with Crippen LogP contribution < -0.4 is 5.32 Å². The molecule has 0 aliphatic carbocycles. The Morgan fingerprint density at radius 2 is 2.00 bits per heavy atom. The van der Waals surface area contributed by atoms with Gasteiger partial charge in [0.05, 0.1) is 10.2 Å². The highest BCUT2D eigenvalue weighted by Gasteiger charge is 2.10. The van der Waals surface area contributed by atoms with Crippen molar-refractivity contribution >= 4 is 44.9 Å². The molecule has 1 N–H and O–H groups in total. The van der Waals surface area contributed by atoms with E-state index in [1.807, 2.05) is 26.1 Å². The SMILES string of the molecule is CNc1nc(Cc2ccc(Cl)cc2Cl)nc(C)c1Br. The van der Waals surface area contributed by atoms with Gasteiger partial charge in [-0.25, -0.2) is 9.97 Å². The molecule has 1 aromatic heterocycles. The molecule has 0 saturated carbocycles. The molecule has 0 amide bonds. The summed E-state index contributed by atoms with van der Waals surface area (Å²) in [7, 11) is 1.82. The number of hydrogen-bond donors (Lipinski definition) is 1. The summed E-state index contributed by atoms with van der Waals surface area (Å²) in [5.74, 6) is 1.49. The Bertz CT molecular complexity index is 617. The van der Waals surface area contributed by atoms with E-state index in [0.29, 0.717) is 22.3 Å². The zero-order valence-corrected chi connectivity index (χ0v) is 13.6. The van der Waals surface area contributed by atoms with Gasteiger partial charge >= 0.3 is 0 Å². The van der Waals surface area contributed by atoms with E-state index in [9.17, 15) is 0 Å². The van der Waals surface area contributed by atoms with Crippen molar-refractivity contribution in [3.63, 3.8) is 0 Å². The fourth-order valence-corrected chi connectivity index (χ4v) is 2.55. The quantitative estimate of drug-likeness (QED) is 0.876. The minimum absolute atomic E-state index is 0.568. The molecule has 2 rings (SSSR count). The molecule has 2 aromatic rings. The van der Waals surface area contributed by atoms with E-state index >= 15 is 0 Å². The number of nitrogens with one attached hydrogen (secondary N) is 1. The van der Waals surface area contributed by atoms with Crippen LogP contribution in [0.25, 0.3) is 0 Å². The van der Waals surface area contributed by atoms with Crippen molar-refractivity contribution in [1.82, 2.24) is 9.97 Å². The molecular weight excluding hydrogens is 349 g/mol. The minimum Gasteiger partial charge on any atom is -0.372 e. The molecule has 1 heterocycles. The van der Waals surface area contributed by atoms with Crippen LogP contribution in [0.4, 0.5) is 5.82 Å². The van der Waals surface area contributed by atoms with Gasteiger partial charge in [0, 0.05) is 23.5 Å². The zero-order valence-electron chi connectivity index (χ0n) is 10.5. The molecule has 0 aliphatic rings. The second-order valence-corrected chi connectivity index (χ2v) is 5.69. The highest BCUT2D eigenvalue weighted by atomic mass is 79.9. The molecule has 19 heavy (non-hydrogen) atoms. The van der Waals surface area contributed by atoms with E-state index in [0.717, 1.165) is 21.5 Å². The van der Waals surface area contributed by atoms with Crippen molar-refractivity contribution < 1.29 is 0 Å². The van der Waals surface area contributed by atoms with Gasteiger partial charge in [-0.05, 0) is 40.5 Å². The van der Waals surface area contributed by atoms with Gasteiger partial charge < -0.3 is 5.32 Å². The number of hydrogen-bond acceptors (Lipinski definition) is 3. The maximum atomic E-state index is 6.16. The number of rotatable bonds is 3. The Hall–Kier alpha value is -0.840. The first-order valence-electron chi connectivity index (χ1n) is 5.66. The summed E-state index contributed by atoms with van der Waals surface area (Å²) in [5.41, 5.74) is 1.84. The highest BCUT2D eigenvalue weighted by Crippen LogP contribution is 2.26. The lowest BCUT2D eigenvalue weighted by molar-refractivity contribution is 0.936. The lowest BCUT2D eigenvalue weighted by Crippen LogP contribution is -2.04. The van der Waals surface area contributed by atoms with Crippen LogP contribution in [-0.4, -0.2) is 17.0 Å². The van der Waals surface area contributed by atoms with Crippen molar-refractivity contribution in [2.45, 2.75) is 13.3 Å². The second-order valence-electron chi connectivity index (χ2n) is 4.05. The van der Waals surface area contributed by atoms with E-state index in [-0.39, 0.29) is 0 Å². The average molecular weight is 361 g/mol. The van der Waals surface area contributed by atoms with E-state index in [2.05, 4.69) is 31.2 Å². The molecule has 0 saturated heterocycles. The largest absolute Gasteiger partial charge is 0.372 e. The van der Waals surface area contributed by atoms with Crippen LogP contribution in [0.3, 0.4) is 0 Å². The van der Waals surface area contributed by atoms with E-state index in [4.69, 9.17) is 23.2 Å².